The van der Waals surface area contributed by atoms with Crippen LogP contribution in [0.5, 0.6) is 5.75 Å². The van der Waals surface area contributed by atoms with Gasteiger partial charge in [0.25, 0.3) is 5.91 Å². The summed E-state index contributed by atoms with van der Waals surface area (Å²) in [6, 6.07) is 20.3. The van der Waals surface area contributed by atoms with Gasteiger partial charge in [0.2, 0.25) is 5.82 Å². The molecular weight excluding hydrogens is 446 g/mol. The number of amides is 1. The molecule has 0 aliphatic heterocycles. The Labute approximate surface area is 202 Å². The van der Waals surface area contributed by atoms with Crippen LogP contribution >= 0.6 is 0 Å². The number of hydrogen-bond acceptors (Lipinski definition) is 6. The Morgan fingerprint density at radius 1 is 1.00 bits per heavy atom. The van der Waals surface area contributed by atoms with E-state index in [1.165, 1.54) is 11.1 Å². The largest absolute Gasteiger partial charge is 0.467 e. The molecule has 0 atom stereocenters. The van der Waals surface area contributed by atoms with Crippen LogP contribution in [0.2, 0.25) is 0 Å². The number of carbonyl (C=O) groups excluding carboxylic acids is 1. The summed E-state index contributed by atoms with van der Waals surface area (Å²) < 4.78 is 15.3. The van der Waals surface area contributed by atoms with Crippen LogP contribution in [-0.2, 0) is 17.6 Å². The minimum atomic E-state index is -0.775. The molecule has 180 valence electrons. The van der Waals surface area contributed by atoms with Crippen molar-refractivity contribution >= 4 is 11.6 Å². The third kappa shape index (κ3) is 6.04. The SMILES string of the molecule is COCOc1ccc(Cc2c(C)cc(NC(=O)c3noc(=O)[nH]3)cc2C)cc1Cc1ccccc1. The number of methoxy groups -OCH3 is 1. The molecule has 0 saturated carbocycles. The second-order valence-electron chi connectivity index (χ2n) is 8.32. The molecule has 0 aliphatic carbocycles. The average molecular weight is 474 g/mol. The van der Waals surface area contributed by atoms with Crippen molar-refractivity contribution in [3.63, 3.8) is 0 Å². The molecule has 0 unspecified atom stereocenters. The monoisotopic (exact) mass is 473 g/mol. The Balaban J connectivity index is 1.56. The number of H-pyrrole nitrogens is 1. The van der Waals surface area contributed by atoms with Crippen LogP contribution in [0.4, 0.5) is 5.69 Å². The van der Waals surface area contributed by atoms with E-state index in [4.69, 9.17) is 9.47 Å². The molecule has 8 heteroatoms. The van der Waals surface area contributed by atoms with E-state index in [-0.39, 0.29) is 12.6 Å². The van der Waals surface area contributed by atoms with Crippen LogP contribution in [0, 0.1) is 13.8 Å². The molecule has 0 spiro atoms. The van der Waals surface area contributed by atoms with E-state index in [2.05, 4.69) is 44.2 Å². The van der Waals surface area contributed by atoms with Gasteiger partial charge in [-0.2, -0.15) is 0 Å². The fourth-order valence-corrected chi connectivity index (χ4v) is 4.03. The molecule has 0 radical (unpaired) electrons. The second kappa shape index (κ2) is 10.8. The van der Waals surface area contributed by atoms with Crippen LogP contribution < -0.4 is 15.8 Å². The summed E-state index contributed by atoms with van der Waals surface area (Å²) in [6.45, 7) is 4.21. The lowest BCUT2D eigenvalue weighted by Crippen LogP contribution is -2.15. The number of nitrogens with one attached hydrogen (secondary N) is 2. The molecule has 1 aromatic heterocycles. The number of ether oxygens (including phenoxy) is 2. The standard InChI is InChI=1S/C27H27N3O5/c1-17-11-22(28-26(31)25-29-27(32)35-30-25)12-18(2)23(17)15-20-9-10-24(34-16-33-3)21(14-20)13-19-7-5-4-6-8-19/h4-12,14H,13,15-16H2,1-3H3,(H,28,31)(H,29,30,32). The van der Waals surface area contributed by atoms with Crippen molar-refractivity contribution < 1.29 is 18.8 Å². The topological polar surface area (TPSA) is 106 Å². The summed E-state index contributed by atoms with van der Waals surface area (Å²) >= 11 is 0. The van der Waals surface area contributed by atoms with Crippen molar-refractivity contribution in [3.8, 4) is 5.75 Å². The number of nitrogens with zero attached hydrogens (tertiary/aromatic N) is 1. The maximum absolute atomic E-state index is 12.3. The summed E-state index contributed by atoms with van der Waals surface area (Å²) in [6.07, 6.45) is 1.48. The van der Waals surface area contributed by atoms with Crippen LogP contribution in [0.3, 0.4) is 0 Å². The van der Waals surface area contributed by atoms with E-state index in [1.54, 1.807) is 7.11 Å². The van der Waals surface area contributed by atoms with Gasteiger partial charge in [0, 0.05) is 19.2 Å². The maximum atomic E-state index is 12.3. The first-order valence-corrected chi connectivity index (χ1v) is 11.2. The summed E-state index contributed by atoms with van der Waals surface area (Å²) in [5.41, 5.74) is 7.32. The molecule has 0 aliphatic rings. The first-order chi connectivity index (χ1) is 16.9. The van der Waals surface area contributed by atoms with Crippen molar-refractivity contribution in [2.24, 2.45) is 0 Å². The zero-order valence-electron chi connectivity index (χ0n) is 19.9. The Morgan fingerprint density at radius 3 is 2.40 bits per heavy atom. The number of aromatic nitrogens is 2. The third-order valence-electron chi connectivity index (χ3n) is 5.68. The van der Waals surface area contributed by atoms with Gasteiger partial charge in [-0.3, -0.25) is 14.3 Å². The highest BCUT2D eigenvalue weighted by atomic mass is 16.7. The molecule has 8 nitrogen and oxygen atoms in total. The first-order valence-electron chi connectivity index (χ1n) is 11.2. The smallest absolute Gasteiger partial charge is 0.439 e. The molecule has 1 amide bonds. The summed E-state index contributed by atoms with van der Waals surface area (Å²) in [5, 5.41) is 6.17. The fourth-order valence-electron chi connectivity index (χ4n) is 4.03. The van der Waals surface area contributed by atoms with Gasteiger partial charge in [-0.1, -0.05) is 42.5 Å². The quantitative estimate of drug-likeness (QED) is 0.349. The molecule has 0 bridgehead atoms. The van der Waals surface area contributed by atoms with Crippen LogP contribution in [0.1, 0.15) is 44.0 Å². The highest BCUT2D eigenvalue weighted by Crippen LogP contribution is 2.28. The number of anilines is 1. The molecule has 35 heavy (non-hydrogen) atoms. The highest BCUT2D eigenvalue weighted by Gasteiger charge is 2.14. The van der Waals surface area contributed by atoms with E-state index in [1.807, 2.05) is 50.2 Å². The summed E-state index contributed by atoms with van der Waals surface area (Å²) in [5.74, 6) is -0.685. The number of rotatable bonds is 9. The Bertz CT molecular complexity index is 1350. The van der Waals surface area contributed by atoms with E-state index in [9.17, 15) is 9.59 Å². The van der Waals surface area contributed by atoms with Gasteiger partial charge in [0.15, 0.2) is 6.79 Å². The minimum Gasteiger partial charge on any atom is -0.467 e. The van der Waals surface area contributed by atoms with Crippen molar-refractivity contribution in [1.29, 1.82) is 0 Å². The van der Waals surface area contributed by atoms with Gasteiger partial charge in [0.05, 0.1) is 0 Å². The van der Waals surface area contributed by atoms with Crippen molar-refractivity contribution in [3.05, 3.63) is 110 Å². The lowest BCUT2D eigenvalue weighted by atomic mass is 9.93. The molecule has 0 saturated heterocycles. The second-order valence-corrected chi connectivity index (χ2v) is 8.32. The van der Waals surface area contributed by atoms with E-state index in [0.717, 1.165) is 40.8 Å². The Hall–Kier alpha value is -4.17. The lowest BCUT2D eigenvalue weighted by Gasteiger charge is -2.16. The predicted octanol–water partition coefficient (Wildman–Crippen LogP) is 4.40. The highest BCUT2D eigenvalue weighted by molar-refractivity contribution is 6.01. The van der Waals surface area contributed by atoms with Gasteiger partial charge in [-0.05, 0) is 77.0 Å². The molecule has 4 aromatic rings. The zero-order valence-corrected chi connectivity index (χ0v) is 19.9. The summed E-state index contributed by atoms with van der Waals surface area (Å²) in [7, 11) is 1.61. The average Bonchev–Trinajstić information content (AvgIpc) is 3.28. The maximum Gasteiger partial charge on any atom is 0.439 e. The molecule has 0 fully saturated rings. The van der Waals surface area contributed by atoms with Crippen LogP contribution in [-0.4, -0.2) is 30.0 Å². The van der Waals surface area contributed by atoms with Gasteiger partial charge >= 0.3 is 5.76 Å². The van der Waals surface area contributed by atoms with Crippen molar-refractivity contribution in [2.45, 2.75) is 26.7 Å². The number of benzene rings is 3. The molecule has 1 heterocycles. The van der Waals surface area contributed by atoms with Crippen molar-refractivity contribution in [1.82, 2.24) is 10.1 Å². The van der Waals surface area contributed by atoms with Crippen LogP contribution in [0.25, 0.3) is 0 Å². The van der Waals surface area contributed by atoms with Gasteiger partial charge in [-0.25, -0.2) is 4.79 Å². The lowest BCUT2D eigenvalue weighted by molar-refractivity contribution is 0.0505. The molecule has 3 aromatic carbocycles. The Morgan fingerprint density at radius 2 is 1.74 bits per heavy atom. The summed E-state index contributed by atoms with van der Waals surface area (Å²) in [4.78, 5) is 25.6. The minimum absolute atomic E-state index is 0.170. The van der Waals surface area contributed by atoms with E-state index >= 15 is 0 Å². The normalized spacial score (nSPS) is 10.8. The number of aromatic amines is 1. The third-order valence-corrected chi connectivity index (χ3v) is 5.68. The van der Waals surface area contributed by atoms with Crippen molar-refractivity contribution in [2.75, 3.05) is 19.2 Å². The molecule has 2 N–H and O–H groups in total. The number of hydrogen-bond donors (Lipinski definition) is 2. The van der Waals surface area contributed by atoms with Gasteiger partial charge in [0.1, 0.15) is 5.75 Å². The Kier molecular flexibility index (Phi) is 7.42. The predicted molar refractivity (Wildman–Crippen MR) is 132 cm³/mol. The number of aryl methyl sites for hydroxylation is 2. The fraction of sp³-hybridized carbons (Fsp3) is 0.222. The molecular formula is C27H27N3O5. The van der Waals surface area contributed by atoms with E-state index < -0.39 is 11.7 Å². The molecule has 4 rings (SSSR count). The van der Waals surface area contributed by atoms with Crippen LogP contribution in [0.15, 0.2) is 70.0 Å². The van der Waals surface area contributed by atoms with Gasteiger partial charge in [-0.15, -0.1) is 0 Å². The first kappa shape index (κ1) is 24.0. The number of carbonyl (C=O) groups is 1. The van der Waals surface area contributed by atoms with Gasteiger partial charge < -0.3 is 14.8 Å². The zero-order chi connectivity index (χ0) is 24.8. The van der Waals surface area contributed by atoms with E-state index in [0.29, 0.717) is 5.69 Å².